The van der Waals surface area contributed by atoms with Crippen molar-refractivity contribution < 1.29 is 9.47 Å². The van der Waals surface area contributed by atoms with Crippen LogP contribution in [0.1, 0.15) is 36.0 Å². The highest BCUT2D eigenvalue weighted by atomic mass is 16.5. The third kappa shape index (κ3) is 3.33. The van der Waals surface area contributed by atoms with Crippen LogP contribution in [0.25, 0.3) is 0 Å². The molecule has 26 heavy (non-hydrogen) atoms. The largest absolute Gasteiger partial charge is 0.496 e. The van der Waals surface area contributed by atoms with Gasteiger partial charge in [0.05, 0.1) is 13.7 Å². The molecule has 0 spiro atoms. The Morgan fingerprint density at radius 3 is 2.62 bits per heavy atom. The number of nitrogens with zero attached hydrogens (tertiary/aromatic N) is 1. The molecule has 0 bridgehead atoms. The number of likely N-dealkylation sites (N-methyl/N-ethyl adjacent to an activating group) is 1. The number of likely N-dealkylation sites (tertiary alicyclic amines) is 1. The second kappa shape index (κ2) is 7.71. The highest BCUT2D eigenvalue weighted by Crippen LogP contribution is 2.48. The number of hydrogen-bond donors (Lipinski definition) is 0. The molecule has 2 atom stereocenters. The van der Waals surface area contributed by atoms with Crippen LogP contribution < -0.4 is 9.47 Å². The first-order chi connectivity index (χ1) is 12.8. The molecule has 2 aliphatic rings. The third-order valence-corrected chi connectivity index (χ3v) is 6.08. The minimum Gasteiger partial charge on any atom is -0.496 e. The van der Waals surface area contributed by atoms with Gasteiger partial charge in [0.1, 0.15) is 11.5 Å². The van der Waals surface area contributed by atoms with Gasteiger partial charge in [0, 0.05) is 36.6 Å². The molecule has 1 aliphatic carbocycles. The smallest absolute Gasteiger partial charge is 0.123 e. The van der Waals surface area contributed by atoms with Gasteiger partial charge in [-0.3, -0.25) is 0 Å². The third-order valence-electron chi connectivity index (χ3n) is 6.08. The molecule has 4 rings (SSSR count). The summed E-state index contributed by atoms with van der Waals surface area (Å²) in [5.41, 5.74) is 4.12. The van der Waals surface area contributed by atoms with Gasteiger partial charge in [0.2, 0.25) is 0 Å². The second-order valence-electron chi connectivity index (χ2n) is 7.50. The van der Waals surface area contributed by atoms with Crippen LogP contribution >= 0.6 is 0 Å². The Morgan fingerprint density at radius 1 is 1.04 bits per heavy atom. The molecule has 1 saturated heterocycles. The van der Waals surface area contributed by atoms with Crippen LogP contribution in [-0.4, -0.2) is 38.3 Å². The summed E-state index contributed by atoms with van der Waals surface area (Å²) in [7, 11) is 1.78. The van der Waals surface area contributed by atoms with Crippen LogP contribution in [0.2, 0.25) is 0 Å². The summed E-state index contributed by atoms with van der Waals surface area (Å²) >= 11 is 0. The standard InChI is InChI=1S/C23H29NO2/c1-3-24-15-18-9-10-19-21(25-2)11-12-22(23(19)20(18)16-24)26-14-13-17-7-5-4-6-8-17/h4-8,11-12,18,20H,3,9-10,13-16H2,1-2H3/t18-,20+/m0/s1. The minimum atomic E-state index is 0.584. The lowest BCUT2D eigenvalue weighted by Gasteiger charge is -2.30. The van der Waals surface area contributed by atoms with E-state index in [0.717, 1.165) is 50.0 Å². The van der Waals surface area contributed by atoms with E-state index in [1.165, 1.54) is 29.7 Å². The molecule has 1 aliphatic heterocycles. The van der Waals surface area contributed by atoms with E-state index in [2.05, 4.69) is 54.3 Å². The van der Waals surface area contributed by atoms with Crippen LogP contribution in [0.5, 0.6) is 11.5 Å². The zero-order chi connectivity index (χ0) is 17.9. The van der Waals surface area contributed by atoms with E-state index in [4.69, 9.17) is 9.47 Å². The Labute approximate surface area is 156 Å². The molecular weight excluding hydrogens is 322 g/mol. The first-order valence-corrected chi connectivity index (χ1v) is 9.89. The normalized spacial score (nSPS) is 21.9. The number of hydrogen-bond acceptors (Lipinski definition) is 3. The van der Waals surface area contributed by atoms with Crippen molar-refractivity contribution in [3.63, 3.8) is 0 Å². The summed E-state index contributed by atoms with van der Waals surface area (Å²) in [5.74, 6) is 3.44. The van der Waals surface area contributed by atoms with E-state index in [1.54, 1.807) is 7.11 Å². The molecule has 3 heteroatoms. The molecule has 3 nitrogen and oxygen atoms in total. The van der Waals surface area contributed by atoms with Crippen LogP contribution in [0.3, 0.4) is 0 Å². The number of methoxy groups -OCH3 is 1. The van der Waals surface area contributed by atoms with E-state index in [-0.39, 0.29) is 0 Å². The Balaban J connectivity index is 1.57. The van der Waals surface area contributed by atoms with Gasteiger partial charge in [-0.1, -0.05) is 37.3 Å². The maximum Gasteiger partial charge on any atom is 0.123 e. The first-order valence-electron chi connectivity index (χ1n) is 9.89. The quantitative estimate of drug-likeness (QED) is 0.774. The Hall–Kier alpha value is -2.00. The van der Waals surface area contributed by atoms with Crippen molar-refractivity contribution in [3.05, 3.63) is 59.2 Å². The molecule has 2 aromatic rings. The van der Waals surface area contributed by atoms with Gasteiger partial charge >= 0.3 is 0 Å². The van der Waals surface area contributed by atoms with Gasteiger partial charge in [-0.15, -0.1) is 0 Å². The van der Waals surface area contributed by atoms with Crippen molar-refractivity contribution in [3.8, 4) is 11.5 Å². The maximum atomic E-state index is 6.31. The van der Waals surface area contributed by atoms with Crippen molar-refractivity contribution in [1.82, 2.24) is 4.90 Å². The molecule has 1 heterocycles. The maximum absolute atomic E-state index is 6.31. The molecule has 0 amide bonds. The molecule has 1 fully saturated rings. The van der Waals surface area contributed by atoms with Crippen molar-refractivity contribution in [2.24, 2.45) is 5.92 Å². The zero-order valence-corrected chi connectivity index (χ0v) is 15.9. The molecule has 0 N–H and O–H groups in total. The van der Waals surface area contributed by atoms with Crippen LogP contribution in [0.4, 0.5) is 0 Å². The van der Waals surface area contributed by atoms with Crippen LogP contribution in [0.15, 0.2) is 42.5 Å². The zero-order valence-electron chi connectivity index (χ0n) is 15.9. The summed E-state index contributed by atoms with van der Waals surface area (Å²) in [5, 5.41) is 0. The predicted molar refractivity (Wildman–Crippen MR) is 105 cm³/mol. The molecule has 138 valence electrons. The summed E-state index contributed by atoms with van der Waals surface area (Å²) in [6.07, 6.45) is 3.31. The average molecular weight is 351 g/mol. The number of benzene rings is 2. The number of ether oxygens (including phenoxy) is 2. The van der Waals surface area contributed by atoms with Crippen molar-refractivity contribution in [2.45, 2.75) is 32.1 Å². The van der Waals surface area contributed by atoms with Crippen LogP contribution in [0, 0.1) is 5.92 Å². The number of fused-ring (bicyclic) bond motifs is 3. The molecule has 0 radical (unpaired) electrons. The molecule has 0 unspecified atom stereocenters. The van der Waals surface area contributed by atoms with E-state index >= 15 is 0 Å². The summed E-state index contributed by atoms with van der Waals surface area (Å²) in [4.78, 5) is 2.58. The Morgan fingerprint density at radius 2 is 1.85 bits per heavy atom. The van der Waals surface area contributed by atoms with Crippen LogP contribution in [-0.2, 0) is 12.8 Å². The van der Waals surface area contributed by atoms with Gasteiger partial charge in [-0.2, -0.15) is 0 Å². The van der Waals surface area contributed by atoms with Crippen molar-refractivity contribution >= 4 is 0 Å². The van der Waals surface area contributed by atoms with E-state index in [1.807, 2.05) is 0 Å². The lowest BCUT2D eigenvalue weighted by atomic mass is 9.76. The van der Waals surface area contributed by atoms with E-state index in [0.29, 0.717) is 5.92 Å². The van der Waals surface area contributed by atoms with Gasteiger partial charge in [0.25, 0.3) is 0 Å². The molecule has 2 aromatic carbocycles. The summed E-state index contributed by atoms with van der Waals surface area (Å²) < 4.78 is 12.0. The monoisotopic (exact) mass is 351 g/mol. The number of rotatable bonds is 6. The molecular formula is C23H29NO2. The SMILES string of the molecule is CCN1C[C@@H]2CCc3c(OC)ccc(OCCc4ccccc4)c3[C@@H]2C1. The van der Waals surface area contributed by atoms with Crippen molar-refractivity contribution in [2.75, 3.05) is 33.4 Å². The Bertz CT molecular complexity index is 743. The van der Waals surface area contributed by atoms with Gasteiger partial charge in [-0.25, -0.2) is 0 Å². The van der Waals surface area contributed by atoms with Gasteiger partial charge in [0.15, 0.2) is 0 Å². The Kier molecular flexibility index (Phi) is 5.16. The first kappa shape index (κ1) is 17.4. The highest BCUT2D eigenvalue weighted by molar-refractivity contribution is 5.53. The fourth-order valence-corrected chi connectivity index (χ4v) is 4.70. The van der Waals surface area contributed by atoms with E-state index in [9.17, 15) is 0 Å². The minimum absolute atomic E-state index is 0.584. The fraction of sp³-hybridized carbons (Fsp3) is 0.478. The fourth-order valence-electron chi connectivity index (χ4n) is 4.70. The topological polar surface area (TPSA) is 21.7 Å². The van der Waals surface area contributed by atoms with Gasteiger partial charge < -0.3 is 14.4 Å². The predicted octanol–water partition coefficient (Wildman–Crippen LogP) is 4.30. The molecule has 0 aromatic heterocycles. The summed E-state index contributed by atoms with van der Waals surface area (Å²) in [6.45, 7) is 6.49. The average Bonchev–Trinajstić information content (AvgIpc) is 3.12. The van der Waals surface area contributed by atoms with E-state index < -0.39 is 0 Å². The lowest BCUT2D eigenvalue weighted by Crippen LogP contribution is -2.21. The highest BCUT2D eigenvalue weighted by Gasteiger charge is 2.39. The lowest BCUT2D eigenvalue weighted by molar-refractivity contribution is 0.307. The summed E-state index contributed by atoms with van der Waals surface area (Å²) in [6, 6.07) is 14.8. The van der Waals surface area contributed by atoms with Crippen molar-refractivity contribution in [1.29, 1.82) is 0 Å². The molecule has 0 saturated carbocycles. The second-order valence-corrected chi connectivity index (χ2v) is 7.50. The van der Waals surface area contributed by atoms with Gasteiger partial charge in [-0.05, 0) is 43.0 Å².